The summed E-state index contributed by atoms with van der Waals surface area (Å²) in [6.45, 7) is 3.94. The number of anilines is 1. The Morgan fingerprint density at radius 2 is 1.61 bits per heavy atom. The normalized spacial score (nSPS) is 29.8. The van der Waals surface area contributed by atoms with Gasteiger partial charge in [0.25, 0.3) is 0 Å². The molecule has 6 rings (SSSR count). The summed E-state index contributed by atoms with van der Waals surface area (Å²) in [6.07, 6.45) is 4.01. The number of para-hydroxylation sites is 1. The van der Waals surface area contributed by atoms with Crippen LogP contribution in [0.4, 0.5) is 5.69 Å². The molecule has 0 bridgehead atoms. The zero-order valence-corrected chi connectivity index (χ0v) is 20.6. The summed E-state index contributed by atoms with van der Waals surface area (Å²) in [7, 11) is 0. The van der Waals surface area contributed by atoms with Crippen LogP contribution in [0.3, 0.4) is 0 Å². The van der Waals surface area contributed by atoms with Gasteiger partial charge in [-0.3, -0.25) is 19.3 Å². The van der Waals surface area contributed by atoms with Crippen molar-refractivity contribution < 1.29 is 23.9 Å². The Bertz CT molecular complexity index is 1180. The highest BCUT2D eigenvalue weighted by atomic mass is 16.5. The number of rotatable bonds is 3. The van der Waals surface area contributed by atoms with Gasteiger partial charge in [-0.2, -0.15) is 0 Å². The molecule has 36 heavy (non-hydrogen) atoms. The molecule has 188 valence electrons. The second kappa shape index (κ2) is 9.26. The van der Waals surface area contributed by atoms with Gasteiger partial charge in [-0.25, -0.2) is 0 Å². The number of benzene rings is 2. The number of nitrogens with zero attached hydrogens (tertiary/aromatic N) is 2. The number of carbonyl (C=O) groups excluding carboxylic acids is 3. The van der Waals surface area contributed by atoms with Crippen LogP contribution in [0.15, 0.2) is 48.5 Å². The van der Waals surface area contributed by atoms with Gasteiger partial charge in [0.05, 0.1) is 42.7 Å². The fourth-order valence-electron chi connectivity index (χ4n) is 6.62. The van der Waals surface area contributed by atoms with Crippen LogP contribution in [0.5, 0.6) is 11.5 Å². The molecular weight excluding hydrogens is 456 g/mol. The van der Waals surface area contributed by atoms with E-state index in [0.717, 1.165) is 42.7 Å². The van der Waals surface area contributed by atoms with E-state index in [9.17, 15) is 14.4 Å². The second-order valence-corrected chi connectivity index (χ2v) is 10.5. The van der Waals surface area contributed by atoms with Crippen molar-refractivity contribution in [2.75, 3.05) is 24.7 Å². The van der Waals surface area contributed by atoms with Crippen molar-refractivity contribution >= 4 is 23.4 Å². The lowest BCUT2D eigenvalue weighted by Crippen LogP contribution is -2.45. The van der Waals surface area contributed by atoms with Crippen molar-refractivity contribution in [3.8, 4) is 11.5 Å². The largest absolute Gasteiger partial charge is 0.490 e. The van der Waals surface area contributed by atoms with Gasteiger partial charge in [-0.15, -0.1) is 0 Å². The molecule has 1 saturated carbocycles. The monoisotopic (exact) mass is 488 g/mol. The molecule has 0 unspecified atom stereocenters. The van der Waals surface area contributed by atoms with E-state index in [4.69, 9.17) is 9.47 Å². The van der Waals surface area contributed by atoms with Gasteiger partial charge >= 0.3 is 0 Å². The highest BCUT2D eigenvalue weighted by molar-refractivity contribution is 6.23. The average Bonchev–Trinajstić information content (AvgIpc) is 3.39. The molecule has 3 aliphatic heterocycles. The van der Waals surface area contributed by atoms with Gasteiger partial charge in [0, 0.05) is 13.0 Å². The van der Waals surface area contributed by atoms with E-state index >= 15 is 0 Å². The van der Waals surface area contributed by atoms with E-state index < -0.39 is 17.8 Å². The zero-order chi connectivity index (χ0) is 24.8. The molecule has 0 spiro atoms. The van der Waals surface area contributed by atoms with Crippen molar-refractivity contribution in [1.82, 2.24) is 4.90 Å². The Hall–Kier alpha value is -3.35. The summed E-state index contributed by atoms with van der Waals surface area (Å²) in [5, 5.41) is 0. The first-order valence-electron chi connectivity index (χ1n) is 13.2. The zero-order valence-electron chi connectivity index (χ0n) is 20.6. The Labute approximate surface area is 211 Å². The van der Waals surface area contributed by atoms with Crippen LogP contribution in [0.2, 0.25) is 0 Å². The number of amides is 3. The minimum Gasteiger partial charge on any atom is -0.490 e. The Morgan fingerprint density at radius 3 is 2.42 bits per heavy atom. The van der Waals surface area contributed by atoms with Gasteiger partial charge in [0.2, 0.25) is 17.7 Å². The van der Waals surface area contributed by atoms with Crippen LogP contribution >= 0.6 is 0 Å². The minimum atomic E-state index is -0.598. The van der Waals surface area contributed by atoms with E-state index in [1.165, 1.54) is 4.90 Å². The van der Waals surface area contributed by atoms with E-state index in [1.807, 2.05) is 48.2 Å². The van der Waals surface area contributed by atoms with Crippen LogP contribution in [-0.2, 0) is 14.4 Å². The van der Waals surface area contributed by atoms with Gasteiger partial charge in [0.1, 0.15) is 0 Å². The maximum atomic E-state index is 14.1. The predicted octanol–water partition coefficient (Wildman–Crippen LogP) is 4.36. The molecule has 1 aliphatic carbocycles. The molecule has 0 N–H and O–H groups in total. The van der Waals surface area contributed by atoms with Crippen LogP contribution in [0.1, 0.15) is 50.6 Å². The van der Waals surface area contributed by atoms with E-state index in [-0.39, 0.29) is 29.7 Å². The van der Waals surface area contributed by atoms with Crippen molar-refractivity contribution in [2.45, 2.75) is 45.1 Å². The maximum Gasteiger partial charge on any atom is 0.238 e. The summed E-state index contributed by atoms with van der Waals surface area (Å²) >= 11 is 0. The van der Waals surface area contributed by atoms with E-state index in [2.05, 4.69) is 0 Å². The maximum absolute atomic E-state index is 14.1. The van der Waals surface area contributed by atoms with Crippen molar-refractivity contribution in [2.24, 2.45) is 23.7 Å². The number of carbonyl (C=O) groups is 3. The first-order chi connectivity index (χ1) is 17.5. The molecule has 3 fully saturated rings. The van der Waals surface area contributed by atoms with E-state index in [0.29, 0.717) is 31.9 Å². The number of fused-ring (bicyclic) bond motifs is 2. The van der Waals surface area contributed by atoms with Crippen LogP contribution in [-0.4, -0.2) is 42.4 Å². The van der Waals surface area contributed by atoms with Gasteiger partial charge in [0.15, 0.2) is 11.5 Å². The Morgan fingerprint density at radius 1 is 0.861 bits per heavy atom. The number of hydrogen-bond acceptors (Lipinski definition) is 5. The molecule has 0 radical (unpaired) electrons. The molecule has 7 heteroatoms. The number of hydrogen-bond donors (Lipinski definition) is 0. The van der Waals surface area contributed by atoms with Crippen molar-refractivity contribution in [3.05, 3.63) is 54.1 Å². The Kier molecular flexibility index (Phi) is 5.94. The van der Waals surface area contributed by atoms with Gasteiger partial charge < -0.3 is 14.4 Å². The Balaban J connectivity index is 1.28. The molecule has 3 heterocycles. The number of ether oxygens (including phenoxy) is 2. The van der Waals surface area contributed by atoms with Gasteiger partial charge in [-0.1, -0.05) is 31.2 Å². The summed E-state index contributed by atoms with van der Waals surface area (Å²) in [4.78, 5) is 44.5. The molecule has 2 aromatic carbocycles. The van der Waals surface area contributed by atoms with Gasteiger partial charge in [-0.05, 0) is 61.4 Å². The fraction of sp³-hybridized carbons (Fsp3) is 0.483. The second-order valence-electron chi connectivity index (χ2n) is 10.5. The highest BCUT2D eigenvalue weighted by Crippen LogP contribution is 2.48. The lowest BCUT2D eigenvalue weighted by molar-refractivity contribution is -0.145. The molecular formula is C29H32N2O5. The predicted molar refractivity (Wildman–Crippen MR) is 134 cm³/mol. The topological polar surface area (TPSA) is 76.2 Å². The summed E-state index contributed by atoms with van der Waals surface area (Å²) < 4.78 is 11.7. The molecule has 4 aliphatic rings. The third-order valence-electron chi connectivity index (χ3n) is 8.40. The third-order valence-corrected chi connectivity index (χ3v) is 8.40. The van der Waals surface area contributed by atoms with E-state index in [1.54, 1.807) is 12.1 Å². The third kappa shape index (κ3) is 3.76. The molecule has 5 atom stereocenters. The molecule has 0 aromatic heterocycles. The average molecular weight is 489 g/mol. The minimum absolute atomic E-state index is 0.00238. The highest BCUT2D eigenvalue weighted by Gasteiger charge is 2.57. The van der Waals surface area contributed by atoms with Crippen molar-refractivity contribution in [3.63, 3.8) is 0 Å². The van der Waals surface area contributed by atoms with Crippen LogP contribution in [0.25, 0.3) is 0 Å². The SMILES string of the molecule is C[C@@H]1CC[C@H](C(=O)N2CCC[C@@H]2c2ccc3c(c2)OCCCO3)[C@H]2C(=O)N(c3ccccc3)C(=O)[C@H]21. The molecule has 3 amide bonds. The van der Waals surface area contributed by atoms with Crippen molar-refractivity contribution in [1.29, 1.82) is 0 Å². The lowest BCUT2D eigenvalue weighted by atomic mass is 9.67. The molecule has 2 saturated heterocycles. The van der Waals surface area contributed by atoms with Crippen LogP contribution in [0, 0.1) is 23.7 Å². The number of likely N-dealkylation sites (tertiary alicyclic amines) is 1. The summed E-state index contributed by atoms with van der Waals surface area (Å²) in [5.74, 6) is -0.369. The standard InChI is InChI=1S/C29H32N2O5/c1-18-10-12-21(26-25(18)28(33)31(29(26)34)20-7-3-2-4-8-20)27(32)30-14-5-9-22(30)19-11-13-23-24(17-19)36-16-6-15-35-23/h2-4,7-8,11,13,17-18,21-22,25-26H,5-6,9-10,12,14-16H2,1H3/t18-,21+,22-,25+,26-/m1/s1. The summed E-state index contributed by atoms with van der Waals surface area (Å²) in [6, 6.07) is 15.0. The smallest absolute Gasteiger partial charge is 0.238 e. The fourth-order valence-corrected chi connectivity index (χ4v) is 6.62. The molecule has 7 nitrogen and oxygen atoms in total. The summed E-state index contributed by atoms with van der Waals surface area (Å²) in [5.41, 5.74) is 1.62. The first-order valence-corrected chi connectivity index (χ1v) is 13.2. The first kappa shape index (κ1) is 23.1. The van der Waals surface area contributed by atoms with Crippen LogP contribution < -0.4 is 14.4 Å². The lowest BCUT2D eigenvalue weighted by Gasteiger charge is -2.37. The quantitative estimate of drug-likeness (QED) is 0.600. The number of imide groups is 1. The molecule has 2 aromatic rings.